The molecule has 0 radical (unpaired) electrons. The summed E-state index contributed by atoms with van der Waals surface area (Å²) >= 11 is 0. The van der Waals surface area contributed by atoms with Crippen LogP contribution < -0.4 is 10.5 Å². The average Bonchev–Trinajstić information content (AvgIpc) is 2.28. The molecule has 0 unspecified atom stereocenters. The van der Waals surface area contributed by atoms with Gasteiger partial charge in [-0.1, -0.05) is 20.8 Å². The molecular weight excluding hydrogens is 240 g/mol. The number of benzene rings is 1. The van der Waals surface area contributed by atoms with Crippen molar-refractivity contribution in [3.63, 3.8) is 0 Å². The van der Waals surface area contributed by atoms with E-state index in [4.69, 9.17) is 10.5 Å². The molecule has 0 atom stereocenters. The second kappa shape index (κ2) is 5.95. The van der Waals surface area contributed by atoms with Crippen molar-refractivity contribution in [1.29, 1.82) is 0 Å². The summed E-state index contributed by atoms with van der Waals surface area (Å²) in [5, 5.41) is 0. The van der Waals surface area contributed by atoms with Gasteiger partial charge in [-0.2, -0.15) is 0 Å². The summed E-state index contributed by atoms with van der Waals surface area (Å²) in [6.45, 7) is 7.12. The number of nitrogens with zero attached hydrogens (tertiary/aromatic N) is 1. The topological polar surface area (TPSA) is 55.6 Å². The number of carbonyl (C=O) groups is 1. The summed E-state index contributed by atoms with van der Waals surface area (Å²) < 4.78 is 5.66. The maximum absolute atomic E-state index is 11.8. The molecule has 4 heteroatoms. The molecule has 0 saturated heterocycles. The Morgan fingerprint density at radius 2 is 1.95 bits per heavy atom. The third-order valence-electron chi connectivity index (χ3n) is 2.77. The zero-order valence-electron chi connectivity index (χ0n) is 12.5. The van der Waals surface area contributed by atoms with E-state index in [0.717, 1.165) is 6.42 Å². The van der Waals surface area contributed by atoms with Crippen LogP contribution in [0.2, 0.25) is 0 Å². The molecule has 1 rings (SSSR count). The van der Waals surface area contributed by atoms with E-state index < -0.39 is 0 Å². The first-order valence-corrected chi connectivity index (χ1v) is 6.45. The number of amides is 1. The van der Waals surface area contributed by atoms with Crippen molar-refractivity contribution < 1.29 is 9.53 Å². The van der Waals surface area contributed by atoms with Crippen molar-refractivity contribution in [2.45, 2.75) is 27.2 Å². The predicted octanol–water partition coefficient (Wildman–Crippen LogP) is 2.79. The van der Waals surface area contributed by atoms with Gasteiger partial charge in [0.1, 0.15) is 5.75 Å². The minimum atomic E-state index is -0.0621. The highest BCUT2D eigenvalue weighted by Crippen LogP contribution is 2.25. The first kappa shape index (κ1) is 15.3. The zero-order chi connectivity index (χ0) is 14.6. The minimum absolute atomic E-state index is 0.0621. The normalized spacial score (nSPS) is 11.2. The number of nitrogens with two attached hydrogens (primary N) is 1. The highest BCUT2D eigenvalue weighted by molar-refractivity contribution is 5.95. The quantitative estimate of drug-likeness (QED) is 0.851. The molecule has 0 aliphatic rings. The molecule has 0 fully saturated rings. The van der Waals surface area contributed by atoms with Gasteiger partial charge in [-0.25, -0.2) is 0 Å². The summed E-state index contributed by atoms with van der Waals surface area (Å²) in [6.07, 6.45) is 0.949. The van der Waals surface area contributed by atoms with Crippen LogP contribution in [0.15, 0.2) is 18.2 Å². The number of carbonyl (C=O) groups excluding carboxylic acids is 1. The van der Waals surface area contributed by atoms with Crippen molar-refractivity contribution in [3.05, 3.63) is 23.8 Å². The molecule has 0 aliphatic heterocycles. The van der Waals surface area contributed by atoms with Crippen molar-refractivity contribution in [3.8, 4) is 5.75 Å². The van der Waals surface area contributed by atoms with E-state index in [0.29, 0.717) is 23.6 Å². The van der Waals surface area contributed by atoms with Crippen LogP contribution in [-0.4, -0.2) is 31.5 Å². The van der Waals surface area contributed by atoms with E-state index >= 15 is 0 Å². The maximum atomic E-state index is 11.8. The largest absolute Gasteiger partial charge is 0.491 e. The number of anilines is 1. The van der Waals surface area contributed by atoms with Crippen LogP contribution in [0, 0.1) is 5.41 Å². The smallest absolute Gasteiger partial charge is 0.253 e. The monoisotopic (exact) mass is 264 g/mol. The number of nitrogen functional groups attached to an aromatic ring is 1. The van der Waals surface area contributed by atoms with Gasteiger partial charge in [0.15, 0.2) is 0 Å². The van der Waals surface area contributed by atoms with Gasteiger partial charge in [0, 0.05) is 19.7 Å². The number of hydrogen-bond donors (Lipinski definition) is 1. The Kier molecular flexibility index (Phi) is 4.81. The van der Waals surface area contributed by atoms with Crippen LogP contribution >= 0.6 is 0 Å². The Labute approximate surface area is 115 Å². The van der Waals surface area contributed by atoms with Gasteiger partial charge in [-0.3, -0.25) is 4.79 Å². The van der Waals surface area contributed by atoms with Gasteiger partial charge in [-0.15, -0.1) is 0 Å². The van der Waals surface area contributed by atoms with Gasteiger partial charge in [0.25, 0.3) is 5.91 Å². The van der Waals surface area contributed by atoms with Gasteiger partial charge in [0.2, 0.25) is 0 Å². The first-order chi connectivity index (χ1) is 8.70. The number of hydrogen-bond acceptors (Lipinski definition) is 3. The van der Waals surface area contributed by atoms with Gasteiger partial charge >= 0.3 is 0 Å². The molecule has 0 saturated carbocycles. The molecule has 106 valence electrons. The van der Waals surface area contributed by atoms with Crippen LogP contribution in [0.5, 0.6) is 5.75 Å². The second-order valence-electron chi connectivity index (χ2n) is 6.11. The van der Waals surface area contributed by atoms with E-state index in [1.54, 1.807) is 32.3 Å². The van der Waals surface area contributed by atoms with Crippen molar-refractivity contribution >= 4 is 11.6 Å². The van der Waals surface area contributed by atoms with Crippen LogP contribution in [0.1, 0.15) is 37.6 Å². The Bertz CT molecular complexity index is 448. The Balaban J connectivity index is 2.70. The Morgan fingerprint density at radius 1 is 1.32 bits per heavy atom. The van der Waals surface area contributed by atoms with E-state index in [2.05, 4.69) is 20.8 Å². The van der Waals surface area contributed by atoms with Crippen molar-refractivity contribution in [2.24, 2.45) is 5.41 Å². The fraction of sp³-hybridized carbons (Fsp3) is 0.533. The van der Waals surface area contributed by atoms with Crippen LogP contribution in [-0.2, 0) is 0 Å². The lowest BCUT2D eigenvalue weighted by atomic mass is 9.93. The lowest BCUT2D eigenvalue weighted by Gasteiger charge is -2.19. The van der Waals surface area contributed by atoms with Crippen LogP contribution in [0.25, 0.3) is 0 Å². The fourth-order valence-electron chi connectivity index (χ4n) is 1.54. The van der Waals surface area contributed by atoms with E-state index in [9.17, 15) is 4.79 Å². The van der Waals surface area contributed by atoms with E-state index in [1.165, 1.54) is 4.90 Å². The molecule has 1 amide bonds. The average molecular weight is 264 g/mol. The van der Waals surface area contributed by atoms with Crippen LogP contribution in [0.3, 0.4) is 0 Å². The minimum Gasteiger partial charge on any atom is -0.491 e. The molecule has 2 N–H and O–H groups in total. The van der Waals surface area contributed by atoms with Gasteiger partial charge < -0.3 is 15.4 Å². The standard InChI is InChI=1S/C15H24N2O2/c1-15(2,3)8-9-19-13-7-6-11(10-12(13)16)14(18)17(4)5/h6-7,10H,8-9,16H2,1-5H3. The summed E-state index contributed by atoms with van der Waals surface area (Å²) in [4.78, 5) is 13.3. The summed E-state index contributed by atoms with van der Waals surface area (Å²) in [5.41, 5.74) is 7.22. The molecule has 1 aromatic rings. The highest BCUT2D eigenvalue weighted by Gasteiger charge is 2.12. The molecule has 19 heavy (non-hydrogen) atoms. The highest BCUT2D eigenvalue weighted by atomic mass is 16.5. The molecule has 0 bridgehead atoms. The van der Waals surface area contributed by atoms with Crippen LogP contribution in [0.4, 0.5) is 5.69 Å². The molecule has 4 nitrogen and oxygen atoms in total. The third kappa shape index (κ3) is 4.81. The predicted molar refractivity (Wildman–Crippen MR) is 78.4 cm³/mol. The molecule has 0 aliphatic carbocycles. The van der Waals surface area contributed by atoms with E-state index in [-0.39, 0.29) is 11.3 Å². The fourth-order valence-corrected chi connectivity index (χ4v) is 1.54. The molecule has 0 heterocycles. The first-order valence-electron chi connectivity index (χ1n) is 6.45. The van der Waals surface area contributed by atoms with E-state index in [1.807, 2.05) is 0 Å². The Morgan fingerprint density at radius 3 is 2.42 bits per heavy atom. The molecular formula is C15H24N2O2. The Hall–Kier alpha value is -1.71. The molecule has 1 aromatic carbocycles. The lowest BCUT2D eigenvalue weighted by molar-refractivity contribution is 0.0827. The van der Waals surface area contributed by atoms with Gasteiger partial charge in [0.05, 0.1) is 12.3 Å². The number of ether oxygens (including phenoxy) is 1. The van der Waals surface area contributed by atoms with Crippen molar-refractivity contribution in [2.75, 3.05) is 26.4 Å². The van der Waals surface area contributed by atoms with Crippen molar-refractivity contribution in [1.82, 2.24) is 4.90 Å². The summed E-state index contributed by atoms with van der Waals surface area (Å²) in [7, 11) is 3.43. The molecule has 0 spiro atoms. The third-order valence-corrected chi connectivity index (χ3v) is 2.77. The molecule has 0 aromatic heterocycles. The summed E-state index contributed by atoms with van der Waals surface area (Å²) in [5.74, 6) is 0.576. The lowest BCUT2D eigenvalue weighted by Crippen LogP contribution is -2.21. The zero-order valence-corrected chi connectivity index (χ0v) is 12.5. The SMILES string of the molecule is CN(C)C(=O)c1ccc(OCCC(C)(C)C)c(N)c1. The summed E-state index contributed by atoms with van der Waals surface area (Å²) in [6, 6.07) is 5.16. The van der Waals surface area contributed by atoms with Gasteiger partial charge in [-0.05, 0) is 30.0 Å². The second-order valence-corrected chi connectivity index (χ2v) is 6.11. The maximum Gasteiger partial charge on any atom is 0.253 e. The number of rotatable bonds is 4.